The van der Waals surface area contributed by atoms with Crippen molar-refractivity contribution in [1.29, 1.82) is 0 Å². The summed E-state index contributed by atoms with van der Waals surface area (Å²) in [5, 5.41) is 30.3. The number of nitrogens with zero attached hydrogens (tertiary/aromatic N) is 4. The quantitative estimate of drug-likeness (QED) is 0.554. The number of carbonyl (C=O) groups is 1. The molecule has 4 atom stereocenters. The van der Waals surface area contributed by atoms with Crippen molar-refractivity contribution in [1.82, 2.24) is 25.0 Å². The Morgan fingerprint density at radius 3 is 2.72 bits per heavy atom. The molecule has 1 saturated heterocycles. The van der Waals surface area contributed by atoms with Gasteiger partial charge >= 0.3 is 0 Å². The Bertz CT molecular complexity index is 846. The number of rotatable bonds is 4. The monoisotopic (exact) mass is 352 g/mol. The number of aromatic nitrogens is 5. The molecule has 136 valence electrons. The Kier molecular flexibility index (Phi) is 4.54. The lowest BCUT2D eigenvalue weighted by Crippen LogP contribution is -2.31. The number of carbonyl (C=O) groups excluding carboxylic acids is 1. The second-order valence-corrected chi connectivity index (χ2v) is 6.22. The molecule has 0 aromatic carbocycles. The van der Waals surface area contributed by atoms with Crippen LogP contribution in [0.3, 0.4) is 0 Å². The van der Waals surface area contributed by atoms with Crippen LogP contribution in [-0.2, 0) is 9.53 Å². The number of aliphatic hydroxyl groups excluding tert-OH is 2. The fourth-order valence-electron chi connectivity index (χ4n) is 2.60. The standard InChI is InChI=1S/C14H20N6O5/c1-4-6-8(21)9(22)13(25-6)20-10-7(18-19-20)12(24)17-14(15-10)16-11(23)5(2)3/h5-6,8-9,13,21-22H,4H2,1-3H3,(H2,15,16,17,23,24)/t6-,8-,9-,13-/m1/s1. The number of hydrogen-bond donors (Lipinski definition) is 4. The van der Waals surface area contributed by atoms with Crippen LogP contribution >= 0.6 is 0 Å². The molecule has 1 amide bonds. The molecule has 4 N–H and O–H groups in total. The fraction of sp³-hybridized carbons (Fsp3) is 0.643. The van der Waals surface area contributed by atoms with Crippen LogP contribution in [0.25, 0.3) is 11.2 Å². The number of aliphatic hydroxyl groups is 2. The summed E-state index contributed by atoms with van der Waals surface area (Å²) in [5.74, 6) is -0.676. The largest absolute Gasteiger partial charge is 0.388 e. The van der Waals surface area contributed by atoms with Gasteiger partial charge in [0.05, 0.1) is 6.10 Å². The van der Waals surface area contributed by atoms with E-state index in [1.165, 1.54) is 0 Å². The van der Waals surface area contributed by atoms with Gasteiger partial charge in [-0.15, -0.1) is 5.10 Å². The van der Waals surface area contributed by atoms with Gasteiger partial charge in [0.2, 0.25) is 11.9 Å². The zero-order valence-corrected chi connectivity index (χ0v) is 14.0. The summed E-state index contributed by atoms with van der Waals surface area (Å²) in [6.07, 6.45) is -3.44. The molecule has 3 heterocycles. The number of hydrogen-bond acceptors (Lipinski definition) is 8. The summed E-state index contributed by atoms with van der Waals surface area (Å²) in [7, 11) is 0. The molecular formula is C14H20N6O5. The molecule has 0 bridgehead atoms. The molecule has 0 saturated carbocycles. The van der Waals surface area contributed by atoms with E-state index in [1.54, 1.807) is 13.8 Å². The van der Waals surface area contributed by atoms with Crippen LogP contribution in [0.5, 0.6) is 0 Å². The molecule has 25 heavy (non-hydrogen) atoms. The van der Waals surface area contributed by atoms with Crippen molar-refractivity contribution in [3.05, 3.63) is 10.4 Å². The number of aromatic amines is 1. The summed E-state index contributed by atoms with van der Waals surface area (Å²) >= 11 is 0. The van der Waals surface area contributed by atoms with Crippen LogP contribution in [0.4, 0.5) is 5.95 Å². The van der Waals surface area contributed by atoms with Crippen molar-refractivity contribution < 1.29 is 19.7 Å². The van der Waals surface area contributed by atoms with E-state index in [9.17, 15) is 19.8 Å². The van der Waals surface area contributed by atoms with Crippen LogP contribution in [0.2, 0.25) is 0 Å². The van der Waals surface area contributed by atoms with E-state index in [-0.39, 0.29) is 28.9 Å². The van der Waals surface area contributed by atoms with Gasteiger partial charge in [0.1, 0.15) is 12.2 Å². The number of fused-ring (bicyclic) bond motifs is 1. The van der Waals surface area contributed by atoms with E-state index in [0.717, 1.165) is 4.68 Å². The lowest BCUT2D eigenvalue weighted by molar-refractivity contribution is -0.118. The van der Waals surface area contributed by atoms with E-state index < -0.39 is 30.1 Å². The maximum atomic E-state index is 12.1. The van der Waals surface area contributed by atoms with Gasteiger partial charge in [-0.25, -0.2) is 0 Å². The van der Waals surface area contributed by atoms with E-state index in [0.29, 0.717) is 6.42 Å². The van der Waals surface area contributed by atoms with Crippen LogP contribution < -0.4 is 10.9 Å². The number of nitrogens with one attached hydrogen (secondary N) is 2. The lowest BCUT2D eigenvalue weighted by atomic mass is 10.1. The highest BCUT2D eigenvalue weighted by Crippen LogP contribution is 2.31. The molecule has 11 nitrogen and oxygen atoms in total. The smallest absolute Gasteiger partial charge is 0.282 e. The van der Waals surface area contributed by atoms with E-state index in [2.05, 4.69) is 25.6 Å². The van der Waals surface area contributed by atoms with Gasteiger partial charge in [0.15, 0.2) is 17.4 Å². The van der Waals surface area contributed by atoms with Crippen molar-refractivity contribution in [2.75, 3.05) is 5.32 Å². The van der Waals surface area contributed by atoms with Crippen molar-refractivity contribution in [2.45, 2.75) is 51.7 Å². The van der Waals surface area contributed by atoms with Crippen LogP contribution in [-0.4, -0.2) is 59.4 Å². The molecule has 1 aliphatic rings. The first-order chi connectivity index (χ1) is 11.8. The summed E-state index contributed by atoms with van der Waals surface area (Å²) in [5.41, 5.74) is -0.612. The molecule has 0 radical (unpaired) electrons. The topological polar surface area (TPSA) is 155 Å². The van der Waals surface area contributed by atoms with Crippen molar-refractivity contribution in [3.8, 4) is 0 Å². The molecule has 0 aliphatic carbocycles. The zero-order valence-electron chi connectivity index (χ0n) is 14.0. The van der Waals surface area contributed by atoms with Gasteiger partial charge in [-0.05, 0) is 6.42 Å². The average Bonchev–Trinajstić information content (AvgIpc) is 3.10. The molecule has 2 aromatic heterocycles. The Morgan fingerprint density at radius 2 is 2.12 bits per heavy atom. The minimum Gasteiger partial charge on any atom is -0.388 e. The molecular weight excluding hydrogens is 332 g/mol. The first-order valence-electron chi connectivity index (χ1n) is 8.01. The van der Waals surface area contributed by atoms with Crippen molar-refractivity contribution >= 4 is 23.0 Å². The molecule has 0 unspecified atom stereocenters. The third-order valence-corrected chi connectivity index (χ3v) is 4.08. The molecule has 1 fully saturated rings. The summed E-state index contributed by atoms with van der Waals surface area (Å²) in [4.78, 5) is 30.5. The van der Waals surface area contributed by atoms with E-state index in [1.807, 2.05) is 6.92 Å². The number of H-pyrrole nitrogens is 1. The second kappa shape index (κ2) is 6.50. The Hall–Kier alpha value is -2.37. The maximum absolute atomic E-state index is 12.1. The van der Waals surface area contributed by atoms with Gasteiger partial charge in [-0.1, -0.05) is 26.0 Å². The van der Waals surface area contributed by atoms with Crippen LogP contribution in [0.15, 0.2) is 4.79 Å². The minimum atomic E-state index is -1.25. The molecule has 11 heteroatoms. The summed E-state index contributed by atoms with van der Waals surface area (Å²) in [6, 6.07) is 0. The Balaban J connectivity index is 2.01. The lowest BCUT2D eigenvalue weighted by Gasteiger charge is -2.14. The highest BCUT2D eigenvalue weighted by Gasteiger charge is 2.44. The molecule has 3 rings (SSSR count). The van der Waals surface area contributed by atoms with Gasteiger partial charge in [-0.3, -0.25) is 19.9 Å². The first kappa shape index (κ1) is 17.5. The summed E-state index contributed by atoms with van der Waals surface area (Å²) in [6.45, 7) is 5.21. The van der Waals surface area contributed by atoms with Gasteiger partial charge in [0.25, 0.3) is 5.56 Å². The molecule has 0 spiro atoms. The third-order valence-electron chi connectivity index (χ3n) is 4.08. The molecule has 2 aromatic rings. The highest BCUT2D eigenvalue weighted by atomic mass is 16.6. The second-order valence-electron chi connectivity index (χ2n) is 6.22. The highest BCUT2D eigenvalue weighted by molar-refractivity contribution is 5.90. The van der Waals surface area contributed by atoms with Crippen molar-refractivity contribution in [2.24, 2.45) is 5.92 Å². The SMILES string of the molecule is CC[C@H]1O[C@@H](n2nnc3c(=O)[nH]c(NC(=O)C(C)C)nc32)[C@H](O)[C@@H]1O. The Labute approximate surface area is 142 Å². The number of amides is 1. The first-order valence-corrected chi connectivity index (χ1v) is 8.01. The third kappa shape index (κ3) is 3.01. The number of ether oxygens (including phenoxy) is 1. The van der Waals surface area contributed by atoms with Gasteiger partial charge in [-0.2, -0.15) is 9.67 Å². The number of anilines is 1. The van der Waals surface area contributed by atoms with Gasteiger partial charge in [0, 0.05) is 5.92 Å². The predicted octanol–water partition coefficient (Wildman–Crippen LogP) is -0.862. The zero-order chi connectivity index (χ0) is 18.3. The average molecular weight is 352 g/mol. The maximum Gasteiger partial charge on any atom is 0.282 e. The molecule has 1 aliphatic heterocycles. The van der Waals surface area contributed by atoms with Crippen molar-refractivity contribution in [3.63, 3.8) is 0 Å². The fourth-order valence-corrected chi connectivity index (χ4v) is 2.60. The minimum absolute atomic E-state index is 0.0378. The predicted molar refractivity (Wildman–Crippen MR) is 85.6 cm³/mol. The van der Waals surface area contributed by atoms with Gasteiger partial charge < -0.3 is 14.9 Å². The van der Waals surface area contributed by atoms with Crippen LogP contribution in [0, 0.1) is 5.92 Å². The normalized spacial score (nSPS) is 26.5. The van der Waals surface area contributed by atoms with Crippen LogP contribution in [0.1, 0.15) is 33.4 Å². The summed E-state index contributed by atoms with van der Waals surface area (Å²) < 4.78 is 6.75. The van der Waals surface area contributed by atoms with E-state index in [4.69, 9.17) is 4.74 Å². The Morgan fingerprint density at radius 1 is 1.40 bits per heavy atom. The van der Waals surface area contributed by atoms with E-state index >= 15 is 0 Å².